The van der Waals surface area contributed by atoms with Crippen LogP contribution in [0.2, 0.25) is 5.02 Å². The normalized spacial score (nSPS) is 31.0. The molecule has 2 aliphatic rings. The topological polar surface area (TPSA) is 53.1 Å². The van der Waals surface area contributed by atoms with E-state index in [0.717, 1.165) is 17.5 Å². The molecule has 4 unspecified atom stereocenters. The van der Waals surface area contributed by atoms with E-state index in [1.165, 1.54) is 25.7 Å². The summed E-state index contributed by atoms with van der Waals surface area (Å²) >= 11 is 6.30. The Morgan fingerprint density at radius 2 is 2.37 bits per heavy atom. The lowest BCUT2D eigenvalue weighted by Crippen LogP contribution is -2.29. The third-order valence-corrected chi connectivity index (χ3v) is 5.20. The van der Waals surface area contributed by atoms with E-state index in [-0.39, 0.29) is 6.04 Å². The monoisotopic (exact) mass is 283 g/mol. The van der Waals surface area contributed by atoms with Gasteiger partial charge in [0.25, 0.3) is 0 Å². The van der Waals surface area contributed by atoms with Crippen molar-refractivity contribution in [3.8, 4) is 0 Å². The molecule has 4 atom stereocenters. The Hall–Kier alpha value is -0.580. The van der Waals surface area contributed by atoms with Crippen molar-refractivity contribution in [1.82, 2.24) is 9.78 Å². The molecule has 0 spiro atoms. The molecule has 1 heterocycles. The molecular formula is C14H22ClN3O. The molecule has 0 radical (unpaired) electrons. The van der Waals surface area contributed by atoms with Crippen LogP contribution >= 0.6 is 11.6 Å². The van der Waals surface area contributed by atoms with Crippen LogP contribution in [0.15, 0.2) is 6.20 Å². The first kappa shape index (κ1) is 13.4. The minimum absolute atomic E-state index is 0.0159. The molecule has 0 aromatic carbocycles. The molecule has 106 valence electrons. The largest absolute Gasteiger partial charge is 0.383 e. The molecule has 5 heteroatoms. The number of hydrogen-bond donors (Lipinski definition) is 1. The smallest absolute Gasteiger partial charge is 0.0834 e. The quantitative estimate of drug-likeness (QED) is 0.904. The highest BCUT2D eigenvalue weighted by Crippen LogP contribution is 2.52. The van der Waals surface area contributed by atoms with Gasteiger partial charge in [0.1, 0.15) is 0 Å². The van der Waals surface area contributed by atoms with Crippen molar-refractivity contribution < 1.29 is 4.74 Å². The van der Waals surface area contributed by atoms with Crippen molar-refractivity contribution in [2.75, 3.05) is 13.7 Å². The lowest BCUT2D eigenvalue weighted by molar-refractivity contribution is 0.180. The predicted octanol–water partition coefficient (Wildman–Crippen LogP) is 2.62. The number of halogens is 1. The summed E-state index contributed by atoms with van der Waals surface area (Å²) in [6, 6.07) is 0.0159. The zero-order valence-electron chi connectivity index (χ0n) is 11.4. The van der Waals surface area contributed by atoms with E-state index in [1.807, 2.05) is 4.68 Å². The van der Waals surface area contributed by atoms with Gasteiger partial charge in [-0.05, 0) is 37.0 Å². The van der Waals surface area contributed by atoms with Crippen molar-refractivity contribution in [3.63, 3.8) is 0 Å². The minimum atomic E-state index is 0.0159. The summed E-state index contributed by atoms with van der Waals surface area (Å²) in [5.41, 5.74) is 7.52. The minimum Gasteiger partial charge on any atom is -0.383 e. The van der Waals surface area contributed by atoms with E-state index in [9.17, 15) is 0 Å². The second-order valence-corrected chi connectivity index (χ2v) is 6.37. The SMILES string of the molecule is COCCn1ncc(Cl)c1C(N)C1CC2CCC1C2. The fourth-order valence-electron chi connectivity index (χ4n) is 4.00. The average molecular weight is 284 g/mol. The van der Waals surface area contributed by atoms with Crippen LogP contribution in [0, 0.1) is 17.8 Å². The first-order valence-electron chi connectivity index (χ1n) is 7.16. The van der Waals surface area contributed by atoms with Gasteiger partial charge in [-0.1, -0.05) is 18.0 Å². The van der Waals surface area contributed by atoms with Crippen molar-refractivity contribution >= 4 is 11.6 Å². The number of ether oxygens (including phenoxy) is 1. The fourth-order valence-corrected chi connectivity index (χ4v) is 4.26. The van der Waals surface area contributed by atoms with Gasteiger partial charge in [-0.3, -0.25) is 4.68 Å². The van der Waals surface area contributed by atoms with Gasteiger partial charge in [0.2, 0.25) is 0 Å². The van der Waals surface area contributed by atoms with E-state index >= 15 is 0 Å². The average Bonchev–Trinajstić information content (AvgIpc) is 3.10. The fraction of sp³-hybridized carbons (Fsp3) is 0.786. The Morgan fingerprint density at radius 3 is 3.00 bits per heavy atom. The van der Waals surface area contributed by atoms with Crippen LogP contribution in [0.3, 0.4) is 0 Å². The number of nitrogens with zero attached hydrogens (tertiary/aromatic N) is 2. The molecule has 1 aromatic heterocycles. The third kappa shape index (κ3) is 2.41. The highest BCUT2D eigenvalue weighted by molar-refractivity contribution is 6.31. The first-order valence-corrected chi connectivity index (χ1v) is 7.54. The van der Waals surface area contributed by atoms with Gasteiger partial charge in [-0.15, -0.1) is 0 Å². The highest BCUT2D eigenvalue weighted by Gasteiger charge is 2.43. The van der Waals surface area contributed by atoms with Crippen LogP contribution in [0.1, 0.15) is 37.4 Å². The maximum Gasteiger partial charge on any atom is 0.0834 e. The summed E-state index contributed by atoms with van der Waals surface area (Å²) in [5.74, 6) is 2.27. The summed E-state index contributed by atoms with van der Waals surface area (Å²) in [6.45, 7) is 1.35. The number of rotatable bonds is 5. The standard InChI is InChI=1S/C14H22ClN3O/c1-19-5-4-18-14(12(15)8-17-18)13(16)11-7-9-2-3-10(11)6-9/h8-11,13H,2-7,16H2,1H3. The molecule has 2 bridgehead atoms. The number of nitrogens with two attached hydrogens (primary N) is 1. The van der Waals surface area contributed by atoms with Gasteiger partial charge in [-0.25, -0.2) is 0 Å². The van der Waals surface area contributed by atoms with E-state index in [1.54, 1.807) is 13.3 Å². The Balaban J connectivity index is 1.79. The van der Waals surface area contributed by atoms with E-state index in [2.05, 4.69) is 5.10 Å². The highest BCUT2D eigenvalue weighted by atomic mass is 35.5. The number of aromatic nitrogens is 2. The van der Waals surface area contributed by atoms with Crippen LogP contribution in [-0.4, -0.2) is 23.5 Å². The van der Waals surface area contributed by atoms with Crippen molar-refractivity contribution in [3.05, 3.63) is 16.9 Å². The first-order chi connectivity index (χ1) is 9.20. The van der Waals surface area contributed by atoms with E-state index < -0.39 is 0 Å². The predicted molar refractivity (Wildman–Crippen MR) is 75.0 cm³/mol. The number of fused-ring (bicyclic) bond motifs is 2. The second kappa shape index (κ2) is 5.43. The van der Waals surface area contributed by atoms with Gasteiger partial charge in [0, 0.05) is 7.11 Å². The summed E-state index contributed by atoms with van der Waals surface area (Å²) in [7, 11) is 1.70. The van der Waals surface area contributed by atoms with Gasteiger partial charge >= 0.3 is 0 Å². The van der Waals surface area contributed by atoms with E-state index in [4.69, 9.17) is 22.1 Å². The van der Waals surface area contributed by atoms with Crippen LogP contribution in [0.4, 0.5) is 0 Å². The summed E-state index contributed by atoms with van der Waals surface area (Å²) in [6.07, 6.45) is 7.07. The summed E-state index contributed by atoms with van der Waals surface area (Å²) in [4.78, 5) is 0. The molecule has 1 aromatic rings. The molecule has 2 saturated carbocycles. The molecule has 4 nitrogen and oxygen atoms in total. The number of hydrogen-bond acceptors (Lipinski definition) is 3. The van der Waals surface area contributed by atoms with Crippen molar-refractivity contribution in [2.24, 2.45) is 23.5 Å². The zero-order valence-corrected chi connectivity index (χ0v) is 12.1. The molecule has 0 aliphatic heterocycles. The third-order valence-electron chi connectivity index (χ3n) is 4.91. The molecule has 19 heavy (non-hydrogen) atoms. The van der Waals surface area contributed by atoms with Crippen LogP contribution in [-0.2, 0) is 11.3 Å². The Morgan fingerprint density at radius 1 is 1.53 bits per heavy atom. The number of methoxy groups -OCH3 is 1. The van der Waals surface area contributed by atoms with Gasteiger partial charge in [0.05, 0.1) is 36.1 Å². The van der Waals surface area contributed by atoms with Crippen LogP contribution in [0.25, 0.3) is 0 Å². The van der Waals surface area contributed by atoms with Crippen molar-refractivity contribution in [2.45, 2.75) is 38.3 Å². The lowest BCUT2D eigenvalue weighted by Gasteiger charge is -2.28. The molecule has 0 saturated heterocycles. The van der Waals surface area contributed by atoms with Gasteiger partial charge in [0.15, 0.2) is 0 Å². The summed E-state index contributed by atoms with van der Waals surface area (Å²) in [5, 5.41) is 5.03. The van der Waals surface area contributed by atoms with Crippen LogP contribution < -0.4 is 5.73 Å². The van der Waals surface area contributed by atoms with Crippen molar-refractivity contribution in [1.29, 1.82) is 0 Å². The van der Waals surface area contributed by atoms with Gasteiger partial charge < -0.3 is 10.5 Å². The Bertz CT molecular complexity index is 448. The molecule has 3 rings (SSSR count). The summed E-state index contributed by atoms with van der Waals surface area (Å²) < 4.78 is 7.04. The molecule has 2 fully saturated rings. The maximum atomic E-state index is 6.52. The molecular weight excluding hydrogens is 262 g/mol. The van der Waals surface area contributed by atoms with Gasteiger partial charge in [-0.2, -0.15) is 5.10 Å². The second-order valence-electron chi connectivity index (χ2n) is 5.96. The van der Waals surface area contributed by atoms with E-state index in [0.29, 0.717) is 24.1 Å². The zero-order chi connectivity index (χ0) is 13.4. The molecule has 2 N–H and O–H groups in total. The molecule has 2 aliphatic carbocycles. The molecule has 0 amide bonds. The maximum absolute atomic E-state index is 6.52. The van der Waals surface area contributed by atoms with Crippen LogP contribution in [0.5, 0.6) is 0 Å². The Kier molecular flexibility index (Phi) is 3.83. The Labute approximate surface area is 119 Å². The lowest BCUT2D eigenvalue weighted by atomic mass is 9.82.